The summed E-state index contributed by atoms with van der Waals surface area (Å²) in [5.74, 6) is 1.14. The second-order valence-electron chi connectivity index (χ2n) is 17.1. The molecule has 2 aliphatic rings. The highest BCUT2D eigenvalue weighted by Gasteiger charge is 2.36. The van der Waals surface area contributed by atoms with Crippen LogP contribution in [0.2, 0.25) is 0 Å². The third kappa shape index (κ3) is 6.21. The zero-order valence-electron chi connectivity index (χ0n) is 34.4. The van der Waals surface area contributed by atoms with Crippen molar-refractivity contribution < 1.29 is 0 Å². The number of hydrogen-bond acceptors (Lipinski definition) is 3. The largest absolute Gasteiger partial charge is 0.310 e. The van der Waals surface area contributed by atoms with Crippen molar-refractivity contribution in [2.75, 3.05) is 0 Å². The number of allylic oxidation sites excluding steroid dienone is 1. The Bertz CT molecular complexity index is 3170. The molecule has 290 valence electrons. The second kappa shape index (κ2) is 14.3. The van der Waals surface area contributed by atoms with Crippen molar-refractivity contribution >= 4 is 17.0 Å². The number of fused-ring (bicyclic) bond motifs is 6. The maximum atomic E-state index is 9.77. The number of benzene rings is 7. The van der Waals surface area contributed by atoms with Gasteiger partial charge in [0.25, 0.3) is 0 Å². The predicted molar refractivity (Wildman–Crippen MR) is 250 cm³/mol. The molecule has 0 amide bonds. The van der Waals surface area contributed by atoms with Crippen LogP contribution < -0.4 is 0 Å². The molecule has 4 heteroatoms. The fourth-order valence-corrected chi connectivity index (χ4v) is 9.61. The average molecular weight is 783 g/mol. The third-order valence-corrected chi connectivity index (χ3v) is 12.8. The first-order chi connectivity index (χ1) is 29.8. The van der Waals surface area contributed by atoms with Crippen LogP contribution in [0, 0.1) is 17.2 Å². The number of nitrogens with zero attached hydrogens (tertiary/aromatic N) is 4. The van der Waals surface area contributed by atoms with Gasteiger partial charge in [0.1, 0.15) is 0 Å². The van der Waals surface area contributed by atoms with Crippen molar-refractivity contribution in [3.63, 3.8) is 0 Å². The van der Waals surface area contributed by atoms with E-state index in [2.05, 4.69) is 207 Å². The molecule has 11 rings (SSSR count). The van der Waals surface area contributed by atoms with Gasteiger partial charge in [-0.15, -0.1) is 0 Å². The SMILES string of the molecule is CC1C=Cc2c(c3cc(C#N)ccc3n2-c2ccc3c(c2)C(C)(C)c2cc(-c4nc(-c5cccc(-c6ccccc6)c5)cc(-c5cccc(-c6ccccc6)c5)n4)ccc2-3)C1. The summed E-state index contributed by atoms with van der Waals surface area (Å²) in [6.07, 6.45) is 5.53. The standard InChI is InChI=1S/C57H42N4/c1-36-20-26-54-48(28-36)49-29-37(35-58)21-27-55(49)61(54)45-23-25-47-46-24-22-44(32-50(46)57(2,3)51(47)33-45)56-59-52(42-18-10-16-40(30-42)38-12-6-4-7-13-38)34-53(60-56)43-19-11-17-41(31-43)39-14-8-5-9-15-39/h4-27,29-34,36H,28H2,1-3H3. The number of rotatable bonds is 6. The van der Waals surface area contributed by atoms with E-state index in [0.29, 0.717) is 17.3 Å². The highest BCUT2D eigenvalue weighted by molar-refractivity contribution is 5.93. The Kier molecular flexibility index (Phi) is 8.54. The molecule has 1 unspecified atom stereocenters. The highest BCUT2D eigenvalue weighted by atomic mass is 15.0. The third-order valence-electron chi connectivity index (χ3n) is 12.8. The van der Waals surface area contributed by atoms with E-state index in [1.165, 1.54) is 44.6 Å². The first-order valence-electron chi connectivity index (χ1n) is 21.1. The Morgan fingerprint density at radius 1 is 0.574 bits per heavy atom. The van der Waals surface area contributed by atoms with Gasteiger partial charge in [0.05, 0.1) is 28.5 Å². The van der Waals surface area contributed by atoms with Crippen molar-refractivity contribution in [1.82, 2.24) is 14.5 Å². The molecule has 0 spiro atoms. The smallest absolute Gasteiger partial charge is 0.160 e. The maximum absolute atomic E-state index is 9.77. The van der Waals surface area contributed by atoms with Gasteiger partial charge in [-0.2, -0.15) is 5.26 Å². The van der Waals surface area contributed by atoms with E-state index in [1.54, 1.807) is 0 Å². The van der Waals surface area contributed by atoms with E-state index in [0.717, 1.165) is 62.2 Å². The lowest BCUT2D eigenvalue weighted by molar-refractivity contribution is 0.660. The van der Waals surface area contributed by atoms with Gasteiger partial charge in [-0.1, -0.05) is 142 Å². The van der Waals surface area contributed by atoms with Crippen LogP contribution in [0.4, 0.5) is 0 Å². The molecule has 0 N–H and O–H groups in total. The summed E-state index contributed by atoms with van der Waals surface area (Å²) in [6, 6.07) is 62.6. The van der Waals surface area contributed by atoms with Gasteiger partial charge in [-0.25, -0.2) is 9.97 Å². The molecule has 9 aromatic rings. The molecule has 0 saturated carbocycles. The molecule has 0 bridgehead atoms. The number of nitriles is 1. The molecule has 1 atom stereocenters. The molecule has 0 aliphatic heterocycles. The molecule has 7 aromatic carbocycles. The zero-order valence-corrected chi connectivity index (χ0v) is 34.4. The quantitative estimate of drug-likeness (QED) is 0.169. The van der Waals surface area contributed by atoms with Crippen LogP contribution in [-0.2, 0) is 11.8 Å². The molecule has 0 saturated heterocycles. The Labute approximate surface area is 356 Å². The first-order valence-corrected chi connectivity index (χ1v) is 21.1. The molecule has 2 heterocycles. The normalized spacial score (nSPS) is 14.6. The van der Waals surface area contributed by atoms with E-state index < -0.39 is 0 Å². The van der Waals surface area contributed by atoms with E-state index in [1.807, 2.05) is 6.07 Å². The minimum atomic E-state index is -0.285. The minimum absolute atomic E-state index is 0.285. The molecule has 61 heavy (non-hydrogen) atoms. The molecule has 2 aromatic heterocycles. The maximum Gasteiger partial charge on any atom is 0.160 e. The van der Waals surface area contributed by atoms with Crippen LogP contribution >= 0.6 is 0 Å². The minimum Gasteiger partial charge on any atom is -0.310 e. The fraction of sp³-hybridized carbons (Fsp3) is 0.105. The van der Waals surface area contributed by atoms with Crippen LogP contribution in [0.5, 0.6) is 0 Å². The Hall–Kier alpha value is -7.61. The van der Waals surface area contributed by atoms with Gasteiger partial charge < -0.3 is 4.57 Å². The lowest BCUT2D eigenvalue weighted by Crippen LogP contribution is -2.16. The second-order valence-corrected chi connectivity index (χ2v) is 17.1. The summed E-state index contributed by atoms with van der Waals surface area (Å²) >= 11 is 0. The van der Waals surface area contributed by atoms with E-state index in [-0.39, 0.29) is 5.41 Å². The molecular weight excluding hydrogens is 741 g/mol. The van der Waals surface area contributed by atoms with Gasteiger partial charge in [-0.05, 0) is 123 Å². The van der Waals surface area contributed by atoms with Crippen LogP contribution in [-0.4, -0.2) is 14.5 Å². The molecule has 0 fully saturated rings. The molecule has 0 radical (unpaired) electrons. The van der Waals surface area contributed by atoms with Crippen LogP contribution in [0.15, 0.2) is 176 Å². The van der Waals surface area contributed by atoms with Gasteiger partial charge in [-0.3, -0.25) is 0 Å². The highest BCUT2D eigenvalue weighted by Crippen LogP contribution is 2.51. The van der Waals surface area contributed by atoms with Crippen molar-refractivity contribution in [2.24, 2.45) is 5.92 Å². The fourth-order valence-electron chi connectivity index (χ4n) is 9.61. The first kappa shape index (κ1) is 36.5. The van der Waals surface area contributed by atoms with E-state index >= 15 is 0 Å². The number of aromatic nitrogens is 3. The van der Waals surface area contributed by atoms with Gasteiger partial charge in [0, 0.05) is 38.9 Å². The monoisotopic (exact) mass is 782 g/mol. The summed E-state index contributed by atoms with van der Waals surface area (Å²) in [7, 11) is 0. The summed E-state index contributed by atoms with van der Waals surface area (Å²) in [5.41, 5.74) is 19.7. The summed E-state index contributed by atoms with van der Waals surface area (Å²) in [4.78, 5) is 10.7. The molecular formula is C57H42N4. The summed E-state index contributed by atoms with van der Waals surface area (Å²) in [5, 5.41) is 10.9. The van der Waals surface area contributed by atoms with Crippen molar-refractivity contribution in [3.05, 3.63) is 204 Å². The molecule has 4 nitrogen and oxygen atoms in total. The average Bonchev–Trinajstić information content (AvgIpc) is 3.75. The zero-order chi connectivity index (χ0) is 41.2. The van der Waals surface area contributed by atoms with Crippen molar-refractivity contribution in [3.8, 4) is 79.0 Å². The van der Waals surface area contributed by atoms with Gasteiger partial charge in [0.15, 0.2) is 5.82 Å². The van der Waals surface area contributed by atoms with Crippen LogP contribution in [0.3, 0.4) is 0 Å². The Morgan fingerprint density at radius 2 is 1.16 bits per heavy atom. The summed E-state index contributed by atoms with van der Waals surface area (Å²) < 4.78 is 2.39. The summed E-state index contributed by atoms with van der Waals surface area (Å²) in [6.45, 7) is 6.93. The number of hydrogen-bond donors (Lipinski definition) is 0. The van der Waals surface area contributed by atoms with Crippen LogP contribution in [0.25, 0.3) is 89.9 Å². The molecule has 2 aliphatic carbocycles. The lowest BCUT2D eigenvalue weighted by Gasteiger charge is -2.23. The van der Waals surface area contributed by atoms with Crippen molar-refractivity contribution in [1.29, 1.82) is 5.26 Å². The van der Waals surface area contributed by atoms with Gasteiger partial charge >= 0.3 is 0 Å². The lowest BCUT2D eigenvalue weighted by atomic mass is 9.81. The van der Waals surface area contributed by atoms with Gasteiger partial charge in [0.2, 0.25) is 0 Å². The van der Waals surface area contributed by atoms with E-state index in [4.69, 9.17) is 9.97 Å². The van der Waals surface area contributed by atoms with Crippen LogP contribution in [0.1, 0.15) is 48.7 Å². The predicted octanol–water partition coefficient (Wildman–Crippen LogP) is 14.1. The van der Waals surface area contributed by atoms with Crippen molar-refractivity contribution in [2.45, 2.75) is 32.6 Å². The Balaban J connectivity index is 1.03. The Morgan fingerprint density at radius 3 is 1.80 bits per heavy atom. The topological polar surface area (TPSA) is 54.5 Å². The van der Waals surface area contributed by atoms with E-state index in [9.17, 15) is 5.26 Å².